The van der Waals surface area contributed by atoms with Crippen molar-refractivity contribution in [3.8, 4) is 11.5 Å². The average Bonchev–Trinajstić information content (AvgIpc) is 3.49. The number of rotatable bonds is 5. The number of carbonyl (C=O) groups excluding carboxylic acids is 1. The normalized spacial score (nSPS) is 18.3. The van der Waals surface area contributed by atoms with Crippen molar-refractivity contribution in [1.29, 1.82) is 0 Å². The third-order valence-electron chi connectivity index (χ3n) is 5.45. The second-order valence-corrected chi connectivity index (χ2v) is 11.0. The Balaban J connectivity index is 1.28. The molecule has 9 nitrogen and oxygen atoms in total. The van der Waals surface area contributed by atoms with Crippen LogP contribution >= 0.6 is 22.9 Å². The summed E-state index contributed by atoms with van der Waals surface area (Å²) in [5.74, 6) is 0.668. The summed E-state index contributed by atoms with van der Waals surface area (Å²) in [6.45, 7) is 0.861. The predicted octanol–water partition coefficient (Wildman–Crippen LogP) is 3.74. The number of amides is 1. The number of halogens is 1. The first-order valence-electron chi connectivity index (χ1n) is 10.2. The molecule has 0 saturated carbocycles. The number of fused-ring (bicyclic) bond motifs is 1. The standard InChI is InChI=1S/C21H19ClN4O5S2/c22-14-3-6-16(7-4-14)33(28,29)26-9-1-2-13(11-26)20-24-25-21(32-20)19(27)23-15-5-8-17-18(10-15)31-12-30-17/h3-8,10,13H,1-2,9,11-12H2,(H,23,27)/t13-/m0/s1. The van der Waals surface area contributed by atoms with Crippen LogP contribution in [0, 0.1) is 0 Å². The van der Waals surface area contributed by atoms with Gasteiger partial charge in [-0.2, -0.15) is 4.31 Å². The summed E-state index contributed by atoms with van der Waals surface area (Å²) in [7, 11) is -3.65. The van der Waals surface area contributed by atoms with Crippen LogP contribution in [0.15, 0.2) is 47.4 Å². The van der Waals surface area contributed by atoms with Crippen LogP contribution in [0.25, 0.3) is 0 Å². The molecule has 0 aliphatic carbocycles. The Bertz CT molecular complexity index is 1300. The Kier molecular flexibility index (Phi) is 5.95. The van der Waals surface area contributed by atoms with Gasteiger partial charge >= 0.3 is 0 Å². The van der Waals surface area contributed by atoms with Crippen LogP contribution in [0.2, 0.25) is 5.02 Å². The van der Waals surface area contributed by atoms with E-state index >= 15 is 0 Å². The lowest BCUT2D eigenvalue weighted by atomic mass is 10.0. The number of carbonyl (C=O) groups is 1. The number of sulfonamides is 1. The molecule has 3 heterocycles. The van der Waals surface area contributed by atoms with E-state index in [-0.39, 0.29) is 35.1 Å². The summed E-state index contributed by atoms with van der Waals surface area (Å²) in [6.07, 6.45) is 1.46. The molecule has 1 atom stereocenters. The maximum absolute atomic E-state index is 13.0. The largest absolute Gasteiger partial charge is 0.454 e. The quantitative estimate of drug-likeness (QED) is 0.561. The first-order chi connectivity index (χ1) is 15.9. The highest BCUT2D eigenvalue weighted by Gasteiger charge is 2.33. The zero-order valence-corrected chi connectivity index (χ0v) is 19.6. The Labute approximate surface area is 199 Å². The molecule has 12 heteroatoms. The number of nitrogens with one attached hydrogen (secondary N) is 1. The molecular formula is C21H19ClN4O5S2. The molecular weight excluding hydrogens is 488 g/mol. The van der Waals surface area contributed by atoms with E-state index < -0.39 is 10.0 Å². The molecule has 1 N–H and O–H groups in total. The number of hydrogen-bond acceptors (Lipinski definition) is 8. The Hall–Kier alpha value is -2.73. The van der Waals surface area contributed by atoms with Crippen LogP contribution in [0.1, 0.15) is 33.6 Å². The second kappa shape index (κ2) is 8.90. The van der Waals surface area contributed by atoms with Gasteiger partial charge in [0.1, 0.15) is 5.01 Å². The summed E-state index contributed by atoms with van der Waals surface area (Å²) in [4.78, 5) is 12.9. The van der Waals surface area contributed by atoms with Crippen molar-refractivity contribution in [2.45, 2.75) is 23.7 Å². The van der Waals surface area contributed by atoms with Crippen LogP contribution < -0.4 is 14.8 Å². The fourth-order valence-corrected chi connectivity index (χ4v) is 6.28. The average molecular weight is 507 g/mol. The molecule has 33 heavy (non-hydrogen) atoms. The molecule has 0 spiro atoms. The van der Waals surface area contributed by atoms with Gasteiger partial charge in [-0.25, -0.2) is 8.42 Å². The minimum absolute atomic E-state index is 0.134. The molecule has 1 aromatic heterocycles. The number of benzene rings is 2. The van der Waals surface area contributed by atoms with E-state index in [0.29, 0.717) is 40.2 Å². The molecule has 0 bridgehead atoms. The minimum atomic E-state index is -3.65. The van der Waals surface area contributed by atoms with Crippen LogP contribution in [0.4, 0.5) is 5.69 Å². The van der Waals surface area contributed by atoms with E-state index in [2.05, 4.69) is 15.5 Å². The number of piperidine rings is 1. The third-order valence-corrected chi connectivity index (χ3v) is 8.67. The van der Waals surface area contributed by atoms with Gasteiger partial charge in [-0.3, -0.25) is 4.79 Å². The Morgan fingerprint density at radius 2 is 1.91 bits per heavy atom. The summed E-state index contributed by atoms with van der Waals surface area (Å²) >= 11 is 7.06. The molecule has 3 aromatic rings. The lowest BCUT2D eigenvalue weighted by Crippen LogP contribution is -2.39. The number of anilines is 1. The summed E-state index contributed by atoms with van der Waals surface area (Å²) in [5, 5.41) is 12.3. The Morgan fingerprint density at radius 3 is 2.73 bits per heavy atom. The molecule has 2 aliphatic heterocycles. The van der Waals surface area contributed by atoms with Crippen LogP contribution in [-0.2, 0) is 10.0 Å². The van der Waals surface area contributed by atoms with Gasteiger partial charge in [0.05, 0.1) is 4.90 Å². The van der Waals surface area contributed by atoms with E-state index in [9.17, 15) is 13.2 Å². The predicted molar refractivity (Wildman–Crippen MR) is 123 cm³/mol. The van der Waals surface area contributed by atoms with Gasteiger partial charge in [0.25, 0.3) is 5.91 Å². The molecule has 2 aliphatic rings. The number of aromatic nitrogens is 2. The van der Waals surface area contributed by atoms with Crippen molar-refractivity contribution < 1.29 is 22.7 Å². The van der Waals surface area contributed by atoms with E-state index in [4.69, 9.17) is 21.1 Å². The van der Waals surface area contributed by atoms with Gasteiger partial charge in [-0.1, -0.05) is 22.9 Å². The maximum atomic E-state index is 13.0. The highest BCUT2D eigenvalue weighted by Crippen LogP contribution is 2.35. The fraction of sp³-hybridized carbons (Fsp3) is 0.286. The summed E-state index contributed by atoms with van der Waals surface area (Å²) < 4.78 is 38.1. The van der Waals surface area contributed by atoms with E-state index in [0.717, 1.165) is 6.42 Å². The third kappa shape index (κ3) is 4.54. The molecule has 1 fully saturated rings. The molecule has 5 rings (SSSR count). The van der Waals surface area contributed by atoms with Crippen molar-refractivity contribution in [3.05, 3.63) is 57.5 Å². The SMILES string of the molecule is O=C(Nc1ccc2c(c1)OCO2)c1nnc([C@H]2CCCN(S(=O)(=O)c3ccc(Cl)cc3)C2)s1. The van der Waals surface area contributed by atoms with E-state index in [1.165, 1.54) is 27.8 Å². The summed E-state index contributed by atoms with van der Waals surface area (Å²) in [5.41, 5.74) is 0.555. The van der Waals surface area contributed by atoms with Crippen molar-refractivity contribution in [1.82, 2.24) is 14.5 Å². The topological polar surface area (TPSA) is 111 Å². The first-order valence-corrected chi connectivity index (χ1v) is 12.8. The van der Waals surface area contributed by atoms with Crippen molar-refractivity contribution in [2.24, 2.45) is 0 Å². The molecule has 1 saturated heterocycles. The van der Waals surface area contributed by atoms with Crippen molar-refractivity contribution in [3.63, 3.8) is 0 Å². The van der Waals surface area contributed by atoms with Gasteiger partial charge in [0, 0.05) is 35.8 Å². The van der Waals surface area contributed by atoms with Crippen molar-refractivity contribution in [2.75, 3.05) is 25.2 Å². The van der Waals surface area contributed by atoms with Gasteiger partial charge in [0.15, 0.2) is 11.5 Å². The highest BCUT2D eigenvalue weighted by molar-refractivity contribution is 7.89. The van der Waals surface area contributed by atoms with Gasteiger partial charge in [-0.15, -0.1) is 10.2 Å². The molecule has 2 aromatic carbocycles. The number of nitrogens with zero attached hydrogens (tertiary/aromatic N) is 3. The molecule has 0 radical (unpaired) electrons. The van der Waals surface area contributed by atoms with Crippen molar-refractivity contribution >= 4 is 44.6 Å². The molecule has 172 valence electrons. The smallest absolute Gasteiger partial charge is 0.286 e. The zero-order chi connectivity index (χ0) is 23.0. The fourth-order valence-electron chi connectivity index (χ4n) is 3.77. The number of hydrogen-bond donors (Lipinski definition) is 1. The number of ether oxygens (including phenoxy) is 2. The zero-order valence-electron chi connectivity index (χ0n) is 17.2. The van der Waals surface area contributed by atoms with Crippen LogP contribution in [0.5, 0.6) is 11.5 Å². The van der Waals surface area contributed by atoms with Gasteiger partial charge in [-0.05, 0) is 49.2 Å². The second-order valence-electron chi connectivity index (χ2n) is 7.62. The van der Waals surface area contributed by atoms with Crippen LogP contribution in [-0.4, -0.2) is 48.7 Å². The Morgan fingerprint density at radius 1 is 1.12 bits per heavy atom. The monoisotopic (exact) mass is 506 g/mol. The minimum Gasteiger partial charge on any atom is -0.454 e. The molecule has 1 amide bonds. The van der Waals surface area contributed by atoms with E-state index in [1.54, 1.807) is 30.3 Å². The van der Waals surface area contributed by atoms with Crippen LogP contribution in [0.3, 0.4) is 0 Å². The molecule has 0 unspecified atom stereocenters. The lowest BCUT2D eigenvalue weighted by molar-refractivity contribution is 0.102. The summed E-state index contributed by atoms with van der Waals surface area (Å²) in [6, 6.07) is 11.3. The first kappa shape index (κ1) is 22.1. The highest BCUT2D eigenvalue weighted by atomic mass is 35.5. The maximum Gasteiger partial charge on any atom is 0.286 e. The van der Waals surface area contributed by atoms with E-state index in [1.807, 2.05) is 0 Å². The van der Waals surface area contributed by atoms with Gasteiger partial charge < -0.3 is 14.8 Å². The van der Waals surface area contributed by atoms with Gasteiger partial charge in [0.2, 0.25) is 21.8 Å². The lowest BCUT2D eigenvalue weighted by Gasteiger charge is -2.30.